The zero-order valence-corrected chi connectivity index (χ0v) is 20.7. The molecule has 6 nitrogen and oxygen atoms in total. The summed E-state index contributed by atoms with van der Waals surface area (Å²) in [6.45, 7) is 6.65. The van der Waals surface area contributed by atoms with Gasteiger partial charge in [-0.3, -0.25) is 4.98 Å². The van der Waals surface area contributed by atoms with Crippen molar-refractivity contribution in [1.29, 1.82) is 0 Å². The Morgan fingerprint density at radius 3 is 2.51 bits per heavy atom. The van der Waals surface area contributed by atoms with Crippen LogP contribution in [0.2, 0.25) is 0 Å². The standard InChI is InChI=1S/C29H33N5O/c1-20-5-4-6-22(17-20)8-9-23-10-11-25-27(18-23)34(19-26-28(35)12-7-21(2)30-26)29(32-25)31-24-13-15-33(3)16-14-24/h4-12,17-18,24,35H,13-16,19H2,1-3H3,(H,31,32)/b9-8+. The predicted molar refractivity (Wildman–Crippen MR) is 144 cm³/mol. The molecule has 6 heteroatoms. The van der Waals surface area contributed by atoms with Crippen molar-refractivity contribution >= 4 is 29.1 Å². The van der Waals surface area contributed by atoms with Gasteiger partial charge in [-0.2, -0.15) is 0 Å². The van der Waals surface area contributed by atoms with E-state index in [4.69, 9.17) is 4.98 Å². The summed E-state index contributed by atoms with van der Waals surface area (Å²) in [6, 6.07) is 18.7. The maximum Gasteiger partial charge on any atom is 0.204 e. The minimum atomic E-state index is 0.207. The summed E-state index contributed by atoms with van der Waals surface area (Å²) in [5, 5.41) is 14.2. The highest BCUT2D eigenvalue weighted by Gasteiger charge is 2.20. The molecular weight excluding hydrogens is 434 g/mol. The molecule has 0 radical (unpaired) electrons. The third-order valence-corrected chi connectivity index (χ3v) is 6.73. The first-order chi connectivity index (χ1) is 16.9. The highest BCUT2D eigenvalue weighted by atomic mass is 16.3. The Hall–Kier alpha value is -3.64. The molecule has 0 saturated carbocycles. The number of nitrogens with one attached hydrogen (secondary N) is 1. The second kappa shape index (κ2) is 9.92. The molecular formula is C29H33N5O. The second-order valence-corrected chi connectivity index (χ2v) is 9.66. The van der Waals surface area contributed by atoms with Gasteiger partial charge in [0.05, 0.1) is 17.6 Å². The molecule has 0 amide bonds. The van der Waals surface area contributed by atoms with Gasteiger partial charge in [-0.15, -0.1) is 0 Å². The Labute approximate surface area is 207 Å². The summed E-state index contributed by atoms with van der Waals surface area (Å²) in [7, 11) is 2.17. The van der Waals surface area contributed by atoms with Gasteiger partial charge in [0.2, 0.25) is 5.95 Å². The van der Waals surface area contributed by atoms with E-state index >= 15 is 0 Å². The quantitative estimate of drug-likeness (QED) is 0.368. The van der Waals surface area contributed by atoms with E-state index in [1.807, 2.05) is 13.0 Å². The fraction of sp³-hybridized carbons (Fsp3) is 0.310. The van der Waals surface area contributed by atoms with E-state index in [0.717, 1.165) is 54.2 Å². The van der Waals surface area contributed by atoms with Gasteiger partial charge in [-0.1, -0.05) is 48.0 Å². The zero-order chi connectivity index (χ0) is 24.4. The van der Waals surface area contributed by atoms with Crippen molar-refractivity contribution in [1.82, 2.24) is 19.4 Å². The lowest BCUT2D eigenvalue weighted by Gasteiger charge is -2.29. The predicted octanol–water partition coefficient (Wildman–Crippen LogP) is 5.48. The van der Waals surface area contributed by atoms with Crippen LogP contribution in [-0.4, -0.2) is 50.7 Å². The lowest BCUT2D eigenvalue weighted by Crippen LogP contribution is -2.37. The lowest BCUT2D eigenvalue weighted by atomic mass is 10.1. The molecule has 180 valence electrons. The molecule has 0 atom stereocenters. The molecule has 0 spiro atoms. The van der Waals surface area contributed by atoms with Crippen LogP contribution in [-0.2, 0) is 6.54 Å². The number of piperidine rings is 1. The number of imidazole rings is 1. The Balaban J connectivity index is 1.52. The molecule has 4 aromatic rings. The molecule has 1 saturated heterocycles. The van der Waals surface area contributed by atoms with Crippen LogP contribution in [0.5, 0.6) is 5.75 Å². The van der Waals surface area contributed by atoms with Gasteiger partial charge < -0.3 is 19.9 Å². The number of pyridine rings is 1. The Morgan fingerprint density at radius 2 is 1.74 bits per heavy atom. The topological polar surface area (TPSA) is 66.2 Å². The van der Waals surface area contributed by atoms with Gasteiger partial charge in [-0.05, 0) is 82.2 Å². The molecule has 5 rings (SSSR count). The number of benzene rings is 2. The molecule has 1 aliphatic heterocycles. The number of aromatic nitrogens is 3. The van der Waals surface area contributed by atoms with Crippen molar-refractivity contribution in [2.45, 2.75) is 39.3 Å². The van der Waals surface area contributed by atoms with E-state index in [1.165, 1.54) is 11.1 Å². The number of nitrogens with zero attached hydrogens (tertiary/aromatic N) is 4. The number of fused-ring (bicyclic) bond motifs is 1. The summed E-state index contributed by atoms with van der Waals surface area (Å²) in [5.41, 5.74) is 7.01. The maximum atomic E-state index is 10.5. The van der Waals surface area contributed by atoms with Crippen LogP contribution >= 0.6 is 0 Å². The smallest absolute Gasteiger partial charge is 0.204 e. The fourth-order valence-corrected chi connectivity index (χ4v) is 4.68. The monoisotopic (exact) mass is 467 g/mol. The first-order valence-electron chi connectivity index (χ1n) is 12.3. The fourth-order valence-electron chi connectivity index (χ4n) is 4.68. The highest BCUT2D eigenvalue weighted by Crippen LogP contribution is 2.27. The number of likely N-dealkylation sites (tertiary alicyclic amines) is 1. The third kappa shape index (κ3) is 5.38. The van der Waals surface area contributed by atoms with E-state index in [2.05, 4.69) is 88.4 Å². The van der Waals surface area contributed by atoms with Crippen molar-refractivity contribution in [3.05, 3.63) is 82.7 Å². The average Bonchev–Trinajstić information content (AvgIpc) is 3.17. The van der Waals surface area contributed by atoms with E-state index in [1.54, 1.807) is 6.07 Å². The summed E-state index contributed by atoms with van der Waals surface area (Å²) in [6.07, 6.45) is 6.44. The first kappa shape index (κ1) is 23.1. The van der Waals surface area contributed by atoms with Gasteiger partial charge in [0.1, 0.15) is 11.4 Å². The van der Waals surface area contributed by atoms with Crippen LogP contribution < -0.4 is 5.32 Å². The highest BCUT2D eigenvalue weighted by molar-refractivity contribution is 5.83. The molecule has 2 N–H and O–H groups in total. The molecule has 3 heterocycles. The average molecular weight is 468 g/mol. The number of aryl methyl sites for hydroxylation is 2. The molecule has 0 unspecified atom stereocenters. The number of hydrogen-bond donors (Lipinski definition) is 2. The normalized spacial score (nSPS) is 15.3. The number of anilines is 1. The van der Waals surface area contributed by atoms with Gasteiger partial charge in [0.15, 0.2) is 0 Å². The van der Waals surface area contributed by atoms with Crippen molar-refractivity contribution < 1.29 is 5.11 Å². The Morgan fingerprint density at radius 1 is 0.971 bits per heavy atom. The molecule has 2 aromatic carbocycles. The van der Waals surface area contributed by atoms with E-state index < -0.39 is 0 Å². The zero-order valence-electron chi connectivity index (χ0n) is 20.7. The minimum Gasteiger partial charge on any atom is -0.506 e. The molecule has 1 aliphatic rings. The molecule has 1 fully saturated rings. The largest absolute Gasteiger partial charge is 0.506 e. The summed E-state index contributed by atoms with van der Waals surface area (Å²) < 4.78 is 2.15. The molecule has 35 heavy (non-hydrogen) atoms. The van der Waals surface area contributed by atoms with Crippen molar-refractivity contribution in [2.75, 3.05) is 25.5 Å². The van der Waals surface area contributed by atoms with Crippen LogP contribution in [0, 0.1) is 13.8 Å². The Bertz CT molecular complexity index is 1370. The molecule has 0 bridgehead atoms. The summed E-state index contributed by atoms with van der Waals surface area (Å²) >= 11 is 0. The van der Waals surface area contributed by atoms with Crippen LogP contribution in [0.4, 0.5) is 5.95 Å². The van der Waals surface area contributed by atoms with Crippen molar-refractivity contribution in [3.8, 4) is 5.75 Å². The van der Waals surface area contributed by atoms with Gasteiger partial charge in [-0.25, -0.2) is 4.98 Å². The van der Waals surface area contributed by atoms with Gasteiger partial charge in [0, 0.05) is 11.7 Å². The second-order valence-electron chi connectivity index (χ2n) is 9.66. The van der Waals surface area contributed by atoms with Crippen molar-refractivity contribution in [3.63, 3.8) is 0 Å². The van der Waals surface area contributed by atoms with Gasteiger partial charge in [0.25, 0.3) is 0 Å². The summed E-state index contributed by atoms with van der Waals surface area (Å²) in [5.74, 6) is 1.04. The molecule has 2 aromatic heterocycles. The van der Waals surface area contributed by atoms with Crippen LogP contribution in [0.25, 0.3) is 23.2 Å². The van der Waals surface area contributed by atoms with Crippen LogP contribution in [0.15, 0.2) is 54.6 Å². The number of hydrogen-bond acceptors (Lipinski definition) is 5. The minimum absolute atomic E-state index is 0.207. The van der Waals surface area contributed by atoms with Crippen molar-refractivity contribution in [2.24, 2.45) is 0 Å². The lowest BCUT2D eigenvalue weighted by molar-refractivity contribution is 0.263. The number of aromatic hydroxyl groups is 1. The van der Waals surface area contributed by atoms with Crippen LogP contribution in [0.3, 0.4) is 0 Å². The van der Waals surface area contributed by atoms with Crippen LogP contribution in [0.1, 0.15) is 40.9 Å². The first-order valence-corrected chi connectivity index (χ1v) is 12.3. The van der Waals surface area contributed by atoms with E-state index in [9.17, 15) is 5.11 Å². The summed E-state index contributed by atoms with van der Waals surface area (Å²) in [4.78, 5) is 11.9. The third-order valence-electron chi connectivity index (χ3n) is 6.73. The van der Waals surface area contributed by atoms with E-state index in [-0.39, 0.29) is 5.75 Å². The van der Waals surface area contributed by atoms with E-state index in [0.29, 0.717) is 18.3 Å². The Kier molecular flexibility index (Phi) is 6.55. The SMILES string of the molecule is Cc1cccc(/C=C/c2ccc3nc(NC4CCN(C)CC4)n(Cc4nc(C)ccc4O)c3c2)c1. The number of rotatable bonds is 6. The van der Waals surface area contributed by atoms with Gasteiger partial charge >= 0.3 is 0 Å². The maximum absolute atomic E-state index is 10.5. The molecule has 0 aliphatic carbocycles.